The van der Waals surface area contributed by atoms with Gasteiger partial charge in [-0.15, -0.1) is 0 Å². The first-order chi connectivity index (χ1) is 1.73. The third-order valence-corrected chi connectivity index (χ3v) is 0. The van der Waals surface area contributed by atoms with Crippen molar-refractivity contribution >= 4 is 81.2 Å². The van der Waals surface area contributed by atoms with Crippen LogP contribution in [0.5, 0.6) is 0 Å². The normalized spacial score (nSPS) is 4.00. The molecular formula is CH5NaO3Sr. The van der Waals surface area contributed by atoms with Crippen LogP contribution in [0.25, 0.3) is 0 Å². The van der Waals surface area contributed by atoms with Gasteiger partial charge in [-0.1, -0.05) is 0 Å². The number of rotatable bonds is 0. The summed E-state index contributed by atoms with van der Waals surface area (Å²) in [5, 5.41) is 13.9. The van der Waals surface area contributed by atoms with Gasteiger partial charge >= 0.3 is 81.2 Å². The van der Waals surface area contributed by atoms with E-state index in [0.717, 1.165) is 0 Å². The second-order valence-electron chi connectivity index (χ2n) is 0.283. The third kappa shape index (κ3) is 42.4. The Morgan fingerprint density at radius 2 is 1.33 bits per heavy atom. The molecule has 0 aliphatic rings. The zero-order valence-electron chi connectivity index (χ0n) is 1.80. The second-order valence-corrected chi connectivity index (χ2v) is 0.283. The fourth-order valence-electron chi connectivity index (χ4n) is 0. The molecule has 0 aliphatic heterocycles. The molecule has 0 bridgehead atoms. The van der Waals surface area contributed by atoms with Crippen molar-refractivity contribution < 1.29 is 15.0 Å². The van der Waals surface area contributed by atoms with Crippen molar-refractivity contribution in [2.24, 2.45) is 0 Å². The summed E-state index contributed by atoms with van der Waals surface area (Å²) in [7, 11) is 0. The molecule has 0 atom stereocenters. The molecule has 5 heteroatoms. The van der Waals surface area contributed by atoms with Crippen LogP contribution in [0.15, 0.2) is 0 Å². The van der Waals surface area contributed by atoms with Gasteiger partial charge < -0.3 is 10.2 Å². The van der Waals surface area contributed by atoms with E-state index in [1.165, 1.54) is 0 Å². The molecular weight excluding hydrogens is 171 g/mol. The number of carbonyl (C=O) groups is 1. The van der Waals surface area contributed by atoms with Crippen LogP contribution in [0, 0.1) is 0 Å². The van der Waals surface area contributed by atoms with Crippen molar-refractivity contribution in [2.75, 3.05) is 0 Å². The SMILES string of the molecule is O=C(O)O.[NaH].[SrH2]. The molecule has 0 unspecified atom stereocenters. The van der Waals surface area contributed by atoms with Gasteiger partial charge in [-0.2, -0.15) is 0 Å². The van der Waals surface area contributed by atoms with E-state index in [1.807, 2.05) is 0 Å². The summed E-state index contributed by atoms with van der Waals surface area (Å²) < 4.78 is 0. The Kier molecular flexibility index (Phi) is 25.8. The fraction of sp³-hybridized carbons (Fsp3) is 0. The van der Waals surface area contributed by atoms with Gasteiger partial charge in [0, 0.05) is 0 Å². The Morgan fingerprint density at radius 1 is 1.33 bits per heavy atom. The first kappa shape index (κ1) is 15.7. The Hall–Kier alpha value is 1.75. The Morgan fingerprint density at radius 3 is 1.33 bits per heavy atom. The van der Waals surface area contributed by atoms with Crippen molar-refractivity contribution in [2.45, 2.75) is 0 Å². The van der Waals surface area contributed by atoms with Crippen LogP contribution in [0.1, 0.15) is 0 Å². The average molecular weight is 176 g/mol. The van der Waals surface area contributed by atoms with Crippen molar-refractivity contribution in [1.29, 1.82) is 0 Å². The first-order valence-electron chi connectivity index (χ1n) is 0.651. The van der Waals surface area contributed by atoms with Crippen molar-refractivity contribution in [3.05, 3.63) is 0 Å². The summed E-state index contributed by atoms with van der Waals surface area (Å²) in [6.07, 6.45) is -1.83. The summed E-state index contributed by atoms with van der Waals surface area (Å²) in [5.74, 6) is 0. The summed E-state index contributed by atoms with van der Waals surface area (Å²) in [4.78, 5) is 8.56. The monoisotopic (exact) mass is 176 g/mol. The predicted octanol–water partition coefficient (Wildman–Crippen LogP) is -1.34. The maximum absolute atomic E-state index is 8.56. The van der Waals surface area contributed by atoms with E-state index in [1.54, 1.807) is 0 Å². The van der Waals surface area contributed by atoms with E-state index in [-0.39, 0.29) is 75.0 Å². The number of carboxylic acid groups (broad SMARTS) is 2. The summed E-state index contributed by atoms with van der Waals surface area (Å²) in [6, 6.07) is 0. The van der Waals surface area contributed by atoms with E-state index in [0.29, 0.717) is 0 Å². The molecule has 0 spiro atoms. The molecule has 0 aromatic rings. The van der Waals surface area contributed by atoms with E-state index < -0.39 is 6.16 Å². The number of hydrogen-bond donors (Lipinski definition) is 2. The fourth-order valence-corrected chi connectivity index (χ4v) is 0. The zero-order valence-corrected chi connectivity index (χ0v) is 1.80. The van der Waals surface area contributed by atoms with E-state index >= 15 is 0 Å². The molecule has 0 fully saturated rings. The van der Waals surface area contributed by atoms with Gasteiger partial charge in [-0.25, -0.2) is 4.79 Å². The van der Waals surface area contributed by atoms with Crippen LogP contribution < -0.4 is 0 Å². The average Bonchev–Trinajstić information content (AvgIpc) is 0.811. The standard InChI is InChI=1S/CH2O3.Na.Sr.3H/c2-1(3)4;;;;;/h(H2,2,3,4);;;;;. The quantitative estimate of drug-likeness (QED) is 0.448. The summed E-state index contributed by atoms with van der Waals surface area (Å²) in [5.41, 5.74) is 0. The van der Waals surface area contributed by atoms with Crippen LogP contribution in [0.2, 0.25) is 0 Å². The van der Waals surface area contributed by atoms with Gasteiger partial charge in [-0.3, -0.25) is 0 Å². The molecule has 0 aromatic heterocycles. The van der Waals surface area contributed by atoms with Crippen LogP contribution in [-0.4, -0.2) is 91.4 Å². The summed E-state index contributed by atoms with van der Waals surface area (Å²) in [6.45, 7) is 0. The molecule has 0 aromatic carbocycles. The molecule has 0 radical (unpaired) electrons. The first-order valence-corrected chi connectivity index (χ1v) is 0.651. The van der Waals surface area contributed by atoms with Crippen LogP contribution in [0.4, 0.5) is 4.79 Å². The van der Waals surface area contributed by atoms with Crippen LogP contribution in [0.3, 0.4) is 0 Å². The molecule has 30 valence electrons. The van der Waals surface area contributed by atoms with Crippen molar-refractivity contribution in [3.63, 3.8) is 0 Å². The zero-order chi connectivity index (χ0) is 3.58. The minimum absolute atomic E-state index is 0. The van der Waals surface area contributed by atoms with E-state index in [4.69, 9.17) is 15.0 Å². The van der Waals surface area contributed by atoms with E-state index in [2.05, 4.69) is 0 Å². The molecule has 2 N–H and O–H groups in total. The van der Waals surface area contributed by atoms with Gasteiger partial charge in [0.15, 0.2) is 0 Å². The molecule has 0 saturated heterocycles. The van der Waals surface area contributed by atoms with Crippen LogP contribution in [-0.2, 0) is 0 Å². The number of hydrogen-bond acceptors (Lipinski definition) is 1. The van der Waals surface area contributed by atoms with Gasteiger partial charge in [0.2, 0.25) is 0 Å². The third-order valence-electron chi connectivity index (χ3n) is 0. The van der Waals surface area contributed by atoms with Crippen molar-refractivity contribution in [3.8, 4) is 0 Å². The van der Waals surface area contributed by atoms with E-state index in [9.17, 15) is 0 Å². The Bertz CT molecular complexity index is 33.8. The molecule has 6 heavy (non-hydrogen) atoms. The second kappa shape index (κ2) is 9.89. The van der Waals surface area contributed by atoms with Gasteiger partial charge in [0.1, 0.15) is 0 Å². The Labute approximate surface area is 94.3 Å². The minimum atomic E-state index is -1.83. The predicted molar refractivity (Wildman–Crippen MR) is 26.3 cm³/mol. The molecule has 3 nitrogen and oxygen atoms in total. The summed E-state index contributed by atoms with van der Waals surface area (Å²) >= 11 is 0. The molecule has 0 amide bonds. The topological polar surface area (TPSA) is 57.5 Å². The Balaban J connectivity index is -0.0000000450. The molecule has 0 rings (SSSR count). The molecule has 0 aliphatic carbocycles. The van der Waals surface area contributed by atoms with Gasteiger partial charge in [-0.05, 0) is 0 Å². The molecule has 0 saturated carbocycles. The maximum atomic E-state index is 8.56. The van der Waals surface area contributed by atoms with Gasteiger partial charge in [0.25, 0.3) is 0 Å². The molecule has 0 heterocycles. The van der Waals surface area contributed by atoms with Crippen molar-refractivity contribution in [1.82, 2.24) is 0 Å². The van der Waals surface area contributed by atoms with Gasteiger partial charge in [0.05, 0.1) is 0 Å². The van der Waals surface area contributed by atoms with Crippen LogP contribution >= 0.6 is 0 Å².